The minimum absolute atomic E-state index is 0.00318. The summed E-state index contributed by atoms with van der Waals surface area (Å²) in [6.45, 7) is 9.10. The van der Waals surface area contributed by atoms with Crippen LogP contribution in [0.2, 0.25) is 0 Å². The summed E-state index contributed by atoms with van der Waals surface area (Å²) in [5, 5.41) is 11.5. The van der Waals surface area contributed by atoms with E-state index in [-0.39, 0.29) is 17.4 Å². The van der Waals surface area contributed by atoms with Crippen molar-refractivity contribution in [3.63, 3.8) is 0 Å². The second-order valence-electron chi connectivity index (χ2n) is 9.72. The lowest BCUT2D eigenvalue weighted by molar-refractivity contribution is -0.132. The van der Waals surface area contributed by atoms with E-state index in [1.807, 2.05) is 45.0 Å². The number of aliphatic hydroxyl groups is 1. The molecule has 0 aromatic heterocycles. The molecule has 7 nitrogen and oxygen atoms in total. The number of rotatable bonds is 6. The molecule has 0 radical (unpaired) electrons. The molecule has 38 heavy (non-hydrogen) atoms. The zero-order valence-electron chi connectivity index (χ0n) is 22.4. The summed E-state index contributed by atoms with van der Waals surface area (Å²) in [6, 6.07) is 16.5. The monoisotopic (exact) mass is 513 g/mol. The second-order valence-corrected chi connectivity index (χ2v) is 9.72. The molecule has 4 rings (SSSR count). The molecule has 1 heterocycles. The number of carbonyl (C=O) groups is 3. The fourth-order valence-electron chi connectivity index (χ4n) is 4.70. The van der Waals surface area contributed by atoms with Crippen LogP contribution in [0.15, 0.2) is 66.2 Å². The quantitative estimate of drug-likeness (QED) is 0.193. The van der Waals surface area contributed by atoms with Crippen molar-refractivity contribution in [2.24, 2.45) is 0 Å². The van der Waals surface area contributed by atoms with Crippen molar-refractivity contribution < 1.29 is 29.0 Å². The Bertz CT molecular complexity index is 1450. The molecule has 7 heteroatoms. The molecule has 1 amide bonds. The van der Waals surface area contributed by atoms with E-state index in [1.54, 1.807) is 57.4 Å². The molecule has 0 bridgehead atoms. The van der Waals surface area contributed by atoms with E-state index in [4.69, 9.17) is 9.47 Å². The number of esters is 1. The Morgan fingerprint density at radius 2 is 1.63 bits per heavy atom. The third-order valence-electron chi connectivity index (χ3n) is 6.52. The van der Waals surface area contributed by atoms with E-state index >= 15 is 0 Å². The standard InChI is InChI=1S/C31H31NO6/c1-17(2)38-31(36)21-10-12-23(13-11-21)32-27(22-9-7-8-18(3)14-22)26(29(34)30(32)35)28(33)24-15-20(5)25(37-6)16-19(24)4/h7-17,27,33H,1-6H3/b28-26+. The number of aliphatic hydroxyl groups excluding tert-OH is 1. The van der Waals surface area contributed by atoms with E-state index in [0.29, 0.717) is 33.7 Å². The summed E-state index contributed by atoms with van der Waals surface area (Å²) in [7, 11) is 1.57. The zero-order chi connectivity index (χ0) is 27.7. The van der Waals surface area contributed by atoms with Crippen molar-refractivity contribution in [3.8, 4) is 5.75 Å². The highest BCUT2D eigenvalue weighted by atomic mass is 16.5. The van der Waals surface area contributed by atoms with Gasteiger partial charge in [0.05, 0.1) is 30.4 Å². The number of aryl methyl sites for hydroxylation is 3. The average Bonchev–Trinajstić information content (AvgIpc) is 3.14. The maximum absolute atomic E-state index is 13.5. The number of hydrogen-bond acceptors (Lipinski definition) is 6. The van der Waals surface area contributed by atoms with Gasteiger partial charge in [0.15, 0.2) is 0 Å². The zero-order valence-corrected chi connectivity index (χ0v) is 22.4. The van der Waals surface area contributed by atoms with E-state index in [0.717, 1.165) is 11.1 Å². The van der Waals surface area contributed by atoms with Gasteiger partial charge in [0.25, 0.3) is 11.7 Å². The number of Topliss-reactive ketones (excluding diaryl/α,β-unsaturated/α-hetero) is 1. The van der Waals surface area contributed by atoms with Crippen molar-refractivity contribution in [1.29, 1.82) is 0 Å². The van der Waals surface area contributed by atoms with Crippen LogP contribution in [0, 0.1) is 20.8 Å². The van der Waals surface area contributed by atoms with Crippen molar-refractivity contribution in [2.75, 3.05) is 12.0 Å². The van der Waals surface area contributed by atoms with Crippen LogP contribution < -0.4 is 9.64 Å². The Morgan fingerprint density at radius 1 is 0.947 bits per heavy atom. The lowest BCUT2D eigenvalue weighted by Crippen LogP contribution is -2.29. The molecule has 0 saturated carbocycles. The van der Waals surface area contributed by atoms with Crippen LogP contribution in [0.25, 0.3) is 5.76 Å². The van der Waals surface area contributed by atoms with Gasteiger partial charge in [-0.25, -0.2) is 4.79 Å². The number of carbonyl (C=O) groups excluding carboxylic acids is 3. The molecular weight excluding hydrogens is 482 g/mol. The van der Waals surface area contributed by atoms with E-state index in [2.05, 4.69) is 0 Å². The molecular formula is C31H31NO6. The predicted octanol–water partition coefficient (Wildman–Crippen LogP) is 5.81. The molecule has 1 saturated heterocycles. The maximum Gasteiger partial charge on any atom is 0.338 e. The van der Waals surface area contributed by atoms with Crippen LogP contribution in [-0.2, 0) is 14.3 Å². The molecule has 1 atom stereocenters. The molecule has 1 unspecified atom stereocenters. The topological polar surface area (TPSA) is 93.1 Å². The minimum atomic E-state index is -0.870. The number of ketones is 1. The van der Waals surface area contributed by atoms with Crippen LogP contribution in [0.1, 0.15) is 58.1 Å². The van der Waals surface area contributed by atoms with Crippen molar-refractivity contribution in [2.45, 2.75) is 46.8 Å². The van der Waals surface area contributed by atoms with Crippen molar-refractivity contribution in [3.05, 3.63) is 99.6 Å². The van der Waals surface area contributed by atoms with Gasteiger partial charge in [-0.15, -0.1) is 0 Å². The summed E-state index contributed by atoms with van der Waals surface area (Å²) in [5.74, 6) is -1.62. The molecule has 0 spiro atoms. The normalized spacial score (nSPS) is 16.7. The first-order valence-corrected chi connectivity index (χ1v) is 12.4. The SMILES string of the molecule is COc1cc(C)c(/C(O)=C2\C(=O)C(=O)N(c3ccc(C(=O)OC(C)C)cc3)C2c2cccc(C)c2)cc1C. The highest BCUT2D eigenvalue weighted by Gasteiger charge is 2.47. The Balaban J connectivity index is 1.88. The second kappa shape index (κ2) is 10.5. The summed E-state index contributed by atoms with van der Waals surface area (Å²) in [5.41, 5.74) is 4.30. The molecule has 3 aromatic carbocycles. The first kappa shape index (κ1) is 26.7. The smallest absolute Gasteiger partial charge is 0.338 e. The third-order valence-corrected chi connectivity index (χ3v) is 6.52. The predicted molar refractivity (Wildman–Crippen MR) is 145 cm³/mol. The van der Waals surface area contributed by atoms with Crippen LogP contribution >= 0.6 is 0 Å². The lowest BCUT2D eigenvalue weighted by Gasteiger charge is -2.26. The Morgan fingerprint density at radius 3 is 2.24 bits per heavy atom. The highest BCUT2D eigenvalue weighted by molar-refractivity contribution is 6.51. The summed E-state index contributed by atoms with van der Waals surface area (Å²) in [6.07, 6.45) is -0.272. The lowest BCUT2D eigenvalue weighted by atomic mass is 9.92. The Labute approximate surface area is 222 Å². The maximum atomic E-state index is 13.5. The van der Waals surface area contributed by atoms with Gasteiger partial charge < -0.3 is 14.6 Å². The number of anilines is 1. The number of amides is 1. The van der Waals surface area contributed by atoms with Gasteiger partial charge in [0.1, 0.15) is 11.5 Å². The largest absolute Gasteiger partial charge is 0.507 e. The summed E-state index contributed by atoms with van der Waals surface area (Å²) >= 11 is 0. The number of ether oxygens (including phenoxy) is 2. The number of methoxy groups -OCH3 is 1. The Kier molecular flexibility index (Phi) is 7.39. The number of benzene rings is 3. The average molecular weight is 514 g/mol. The van der Waals surface area contributed by atoms with Gasteiger partial charge >= 0.3 is 5.97 Å². The fraction of sp³-hybridized carbons (Fsp3) is 0.258. The first-order valence-electron chi connectivity index (χ1n) is 12.4. The van der Waals surface area contributed by atoms with Crippen LogP contribution in [0.5, 0.6) is 5.75 Å². The molecule has 1 fully saturated rings. The van der Waals surface area contributed by atoms with Gasteiger partial charge in [0.2, 0.25) is 0 Å². The molecule has 1 N–H and O–H groups in total. The van der Waals surface area contributed by atoms with Gasteiger partial charge in [-0.2, -0.15) is 0 Å². The molecule has 1 aliphatic heterocycles. The van der Waals surface area contributed by atoms with E-state index < -0.39 is 23.7 Å². The van der Waals surface area contributed by atoms with Gasteiger partial charge in [-0.05, 0) is 87.7 Å². The van der Waals surface area contributed by atoms with Crippen LogP contribution in [0.4, 0.5) is 5.69 Å². The summed E-state index contributed by atoms with van der Waals surface area (Å²) < 4.78 is 10.6. The molecule has 3 aromatic rings. The van der Waals surface area contributed by atoms with Gasteiger partial charge in [-0.1, -0.05) is 29.8 Å². The van der Waals surface area contributed by atoms with Gasteiger partial charge in [0, 0.05) is 11.3 Å². The highest BCUT2D eigenvalue weighted by Crippen LogP contribution is 2.43. The number of nitrogens with zero attached hydrogens (tertiary/aromatic N) is 1. The minimum Gasteiger partial charge on any atom is -0.507 e. The van der Waals surface area contributed by atoms with Crippen molar-refractivity contribution in [1.82, 2.24) is 0 Å². The van der Waals surface area contributed by atoms with E-state index in [9.17, 15) is 19.5 Å². The Hall–Kier alpha value is -4.39. The molecule has 1 aliphatic rings. The van der Waals surface area contributed by atoms with Crippen LogP contribution in [0.3, 0.4) is 0 Å². The molecule has 0 aliphatic carbocycles. The summed E-state index contributed by atoms with van der Waals surface area (Å²) in [4.78, 5) is 40.6. The van der Waals surface area contributed by atoms with Crippen molar-refractivity contribution >= 4 is 29.1 Å². The molecule has 196 valence electrons. The van der Waals surface area contributed by atoms with Gasteiger partial charge in [-0.3, -0.25) is 14.5 Å². The van der Waals surface area contributed by atoms with E-state index in [1.165, 1.54) is 4.90 Å². The number of hydrogen-bond donors (Lipinski definition) is 1. The fourth-order valence-corrected chi connectivity index (χ4v) is 4.70. The third kappa shape index (κ3) is 4.92. The first-order chi connectivity index (χ1) is 18.0. The van der Waals surface area contributed by atoms with Crippen LogP contribution in [-0.4, -0.2) is 36.0 Å².